The fourth-order valence-electron chi connectivity index (χ4n) is 1.44. The molecule has 1 aromatic carbocycles. The highest BCUT2D eigenvalue weighted by Gasteiger charge is 2.17. The summed E-state index contributed by atoms with van der Waals surface area (Å²) in [7, 11) is 1.26. The van der Waals surface area contributed by atoms with Crippen LogP contribution in [0, 0.1) is 11.6 Å². The first-order chi connectivity index (χ1) is 7.65. The molecule has 2 aromatic rings. The molecule has 0 spiro atoms. The molecule has 0 radical (unpaired) electrons. The molecule has 0 fully saturated rings. The van der Waals surface area contributed by atoms with Gasteiger partial charge in [-0.15, -0.1) is 0 Å². The van der Waals surface area contributed by atoms with Crippen LogP contribution in [0.4, 0.5) is 14.5 Å². The molecule has 0 saturated carbocycles. The Kier molecular flexibility index (Phi) is 2.47. The van der Waals surface area contributed by atoms with Gasteiger partial charge in [0.2, 0.25) is 5.82 Å². The molecule has 2 rings (SSSR count). The Labute approximate surface area is 90.0 Å². The van der Waals surface area contributed by atoms with Crippen molar-refractivity contribution in [3.05, 3.63) is 30.0 Å². The van der Waals surface area contributed by atoms with E-state index < -0.39 is 11.6 Å². The second kappa shape index (κ2) is 3.80. The van der Waals surface area contributed by atoms with Crippen LogP contribution in [0.15, 0.2) is 18.3 Å². The van der Waals surface area contributed by atoms with Crippen LogP contribution >= 0.6 is 0 Å². The normalized spacial score (nSPS) is 10.4. The number of ether oxygens (including phenoxy) is 1. The lowest BCUT2D eigenvalue weighted by atomic mass is 10.1. The van der Waals surface area contributed by atoms with Crippen molar-refractivity contribution in [3.63, 3.8) is 0 Å². The van der Waals surface area contributed by atoms with Gasteiger partial charge in [0.1, 0.15) is 0 Å². The minimum absolute atomic E-state index is 0.198. The number of anilines is 1. The van der Waals surface area contributed by atoms with Gasteiger partial charge in [-0.05, 0) is 12.1 Å². The summed E-state index contributed by atoms with van der Waals surface area (Å²) >= 11 is 0. The van der Waals surface area contributed by atoms with E-state index in [-0.39, 0.29) is 5.75 Å². The summed E-state index contributed by atoms with van der Waals surface area (Å²) in [6.07, 6.45) is 1.38. The van der Waals surface area contributed by atoms with Crippen LogP contribution in [0.1, 0.15) is 0 Å². The molecule has 0 amide bonds. The third-order valence-corrected chi connectivity index (χ3v) is 2.19. The van der Waals surface area contributed by atoms with Gasteiger partial charge in [-0.25, -0.2) is 4.39 Å². The van der Waals surface area contributed by atoms with Crippen molar-refractivity contribution in [2.75, 3.05) is 12.8 Å². The van der Waals surface area contributed by atoms with Crippen molar-refractivity contribution in [1.82, 2.24) is 10.2 Å². The Balaban J connectivity index is 2.66. The molecule has 0 unspecified atom stereocenters. The van der Waals surface area contributed by atoms with E-state index in [1.165, 1.54) is 19.4 Å². The zero-order valence-corrected chi connectivity index (χ0v) is 8.42. The second-order valence-corrected chi connectivity index (χ2v) is 3.14. The summed E-state index contributed by atoms with van der Waals surface area (Å²) in [5, 5.41) is 6.30. The molecule has 0 aliphatic heterocycles. The molecule has 0 atom stereocenters. The largest absolute Gasteiger partial charge is 0.493 e. The van der Waals surface area contributed by atoms with Crippen molar-refractivity contribution >= 4 is 5.69 Å². The highest BCUT2D eigenvalue weighted by atomic mass is 19.2. The van der Waals surface area contributed by atoms with Crippen molar-refractivity contribution in [2.45, 2.75) is 0 Å². The molecule has 0 aliphatic rings. The first kappa shape index (κ1) is 10.4. The molecule has 0 bridgehead atoms. The second-order valence-electron chi connectivity index (χ2n) is 3.14. The van der Waals surface area contributed by atoms with Crippen molar-refractivity contribution in [1.29, 1.82) is 0 Å². The number of hydrogen-bond donors (Lipinski definition) is 2. The number of aromatic nitrogens is 2. The number of nitrogens with zero attached hydrogens (tertiary/aromatic N) is 1. The van der Waals surface area contributed by atoms with Crippen LogP contribution < -0.4 is 10.5 Å². The van der Waals surface area contributed by atoms with Crippen LogP contribution in [-0.2, 0) is 0 Å². The average molecular weight is 225 g/mol. The van der Waals surface area contributed by atoms with Gasteiger partial charge in [0.05, 0.1) is 24.7 Å². The maximum Gasteiger partial charge on any atom is 0.201 e. The predicted molar refractivity (Wildman–Crippen MR) is 54.9 cm³/mol. The smallest absolute Gasteiger partial charge is 0.201 e. The van der Waals surface area contributed by atoms with Gasteiger partial charge >= 0.3 is 0 Å². The third kappa shape index (κ3) is 1.48. The Bertz CT molecular complexity index is 525. The Morgan fingerprint density at radius 1 is 1.38 bits per heavy atom. The number of aromatic amines is 1. The highest BCUT2D eigenvalue weighted by molar-refractivity contribution is 5.76. The molecule has 3 N–H and O–H groups in total. The van der Waals surface area contributed by atoms with E-state index in [1.54, 1.807) is 0 Å². The van der Waals surface area contributed by atoms with E-state index >= 15 is 0 Å². The number of nitrogens with two attached hydrogens (primary N) is 1. The molecule has 0 aliphatic carbocycles. The molecule has 16 heavy (non-hydrogen) atoms. The molecule has 4 nitrogen and oxygen atoms in total. The molecule has 1 aromatic heterocycles. The average Bonchev–Trinajstić information content (AvgIpc) is 2.68. The fraction of sp³-hybridized carbons (Fsp3) is 0.100. The summed E-state index contributed by atoms with van der Waals surface area (Å²) < 4.78 is 31.2. The first-order valence-electron chi connectivity index (χ1n) is 4.46. The number of benzene rings is 1. The number of H-pyrrole nitrogens is 1. The van der Waals surface area contributed by atoms with Gasteiger partial charge in [0.15, 0.2) is 11.6 Å². The van der Waals surface area contributed by atoms with Crippen LogP contribution in [-0.4, -0.2) is 17.3 Å². The molecule has 1 heterocycles. The van der Waals surface area contributed by atoms with Gasteiger partial charge in [0, 0.05) is 5.56 Å². The molecule has 6 heteroatoms. The topological polar surface area (TPSA) is 63.9 Å². The van der Waals surface area contributed by atoms with Gasteiger partial charge in [-0.1, -0.05) is 0 Å². The molecular weight excluding hydrogens is 216 g/mol. The lowest BCUT2D eigenvalue weighted by Gasteiger charge is -2.08. The Hall–Kier alpha value is -2.11. The summed E-state index contributed by atoms with van der Waals surface area (Å²) in [4.78, 5) is 0. The number of nitrogens with one attached hydrogen (secondary N) is 1. The number of nitrogen functional groups attached to an aromatic ring is 1. The van der Waals surface area contributed by atoms with E-state index in [2.05, 4.69) is 10.2 Å². The minimum Gasteiger partial charge on any atom is -0.493 e. The maximum absolute atomic E-state index is 13.4. The lowest BCUT2D eigenvalue weighted by molar-refractivity contribution is 0.373. The van der Waals surface area contributed by atoms with Gasteiger partial charge in [-0.2, -0.15) is 9.49 Å². The Morgan fingerprint density at radius 3 is 2.69 bits per heavy atom. The lowest BCUT2D eigenvalue weighted by Crippen LogP contribution is -1.97. The summed E-state index contributed by atoms with van der Waals surface area (Å²) in [6, 6.07) is 2.38. The van der Waals surface area contributed by atoms with Gasteiger partial charge < -0.3 is 10.5 Å². The summed E-state index contributed by atoms with van der Waals surface area (Å²) in [5.41, 5.74) is 6.68. The predicted octanol–water partition coefficient (Wildman–Crippen LogP) is 1.95. The van der Waals surface area contributed by atoms with Crippen LogP contribution in [0.3, 0.4) is 0 Å². The number of halogens is 2. The quantitative estimate of drug-likeness (QED) is 0.820. The summed E-state index contributed by atoms with van der Waals surface area (Å²) in [5.74, 6) is -2.22. The maximum atomic E-state index is 13.4. The van der Waals surface area contributed by atoms with Crippen molar-refractivity contribution < 1.29 is 13.5 Å². The highest BCUT2D eigenvalue weighted by Crippen LogP contribution is 2.34. The van der Waals surface area contributed by atoms with E-state index in [0.29, 0.717) is 16.9 Å². The van der Waals surface area contributed by atoms with E-state index in [9.17, 15) is 8.78 Å². The van der Waals surface area contributed by atoms with E-state index in [0.717, 1.165) is 6.07 Å². The van der Waals surface area contributed by atoms with E-state index in [1.807, 2.05) is 0 Å². The summed E-state index contributed by atoms with van der Waals surface area (Å²) in [6.45, 7) is 0. The SMILES string of the molecule is COc1c(-c2[nH]ncc2N)ccc(F)c1F. The third-order valence-electron chi connectivity index (χ3n) is 2.19. The standard InChI is InChI=1S/C10H9F2N3O/c1-16-10-5(2-3-6(11)8(10)12)9-7(13)4-14-15-9/h2-4H,13H2,1H3,(H,14,15). The molecule has 84 valence electrons. The van der Waals surface area contributed by atoms with Crippen LogP contribution in [0.5, 0.6) is 5.75 Å². The van der Waals surface area contributed by atoms with Gasteiger partial charge in [-0.3, -0.25) is 5.10 Å². The van der Waals surface area contributed by atoms with Crippen LogP contribution in [0.2, 0.25) is 0 Å². The number of hydrogen-bond acceptors (Lipinski definition) is 3. The van der Waals surface area contributed by atoms with Crippen LogP contribution in [0.25, 0.3) is 11.3 Å². The fourth-order valence-corrected chi connectivity index (χ4v) is 1.44. The first-order valence-corrected chi connectivity index (χ1v) is 4.46. The van der Waals surface area contributed by atoms with Crippen molar-refractivity contribution in [3.8, 4) is 17.0 Å². The molecule has 0 saturated heterocycles. The number of rotatable bonds is 2. The van der Waals surface area contributed by atoms with Crippen molar-refractivity contribution in [2.24, 2.45) is 0 Å². The zero-order chi connectivity index (χ0) is 11.7. The Morgan fingerprint density at radius 2 is 2.12 bits per heavy atom. The zero-order valence-electron chi connectivity index (χ0n) is 8.42. The minimum atomic E-state index is -1.05. The monoisotopic (exact) mass is 225 g/mol. The van der Waals surface area contributed by atoms with Gasteiger partial charge in [0.25, 0.3) is 0 Å². The van der Waals surface area contributed by atoms with E-state index in [4.69, 9.17) is 10.5 Å². The number of methoxy groups -OCH3 is 1. The molecular formula is C10H9F2N3O.